The molecular formula is C13H18Cl2FN3O. The fourth-order valence-electron chi connectivity index (χ4n) is 2.27. The molecule has 4 nitrogen and oxygen atoms in total. The molecule has 7 heteroatoms. The summed E-state index contributed by atoms with van der Waals surface area (Å²) < 4.78 is 13.5. The van der Waals surface area contributed by atoms with Crippen LogP contribution in [0.3, 0.4) is 0 Å². The van der Waals surface area contributed by atoms with Crippen molar-refractivity contribution in [1.29, 1.82) is 5.26 Å². The predicted molar refractivity (Wildman–Crippen MR) is 80.1 cm³/mol. The van der Waals surface area contributed by atoms with Gasteiger partial charge in [-0.15, -0.1) is 24.8 Å². The molecule has 0 spiro atoms. The zero-order valence-electron chi connectivity index (χ0n) is 11.1. The van der Waals surface area contributed by atoms with Crippen molar-refractivity contribution >= 4 is 24.8 Å². The summed E-state index contributed by atoms with van der Waals surface area (Å²) in [5, 5.41) is 21.9. The van der Waals surface area contributed by atoms with Crippen molar-refractivity contribution in [3.8, 4) is 11.8 Å². The van der Waals surface area contributed by atoms with E-state index in [-0.39, 0.29) is 42.2 Å². The number of hydrogen-bond donors (Lipinski definition) is 2. The number of nitriles is 1. The predicted octanol–water partition coefficient (Wildman–Crippen LogP) is 2.21. The third-order valence-electron chi connectivity index (χ3n) is 3.37. The van der Waals surface area contributed by atoms with Gasteiger partial charge in [0.1, 0.15) is 0 Å². The molecule has 20 heavy (non-hydrogen) atoms. The van der Waals surface area contributed by atoms with Crippen LogP contribution in [0.5, 0.6) is 5.75 Å². The van der Waals surface area contributed by atoms with E-state index < -0.39 is 5.82 Å². The van der Waals surface area contributed by atoms with Gasteiger partial charge in [-0.3, -0.25) is 4.90 Å². The standard InChI is InChI=1S/C13H16FN3O.2ClH/c1-9(17-4-2-16-3-5-17)11-6-10(8-15)7-12(14)13(11)18;;/h6-7,9,16,18H,2-5H2,1H3;2*1H/t9-;;/m1../s1. The molecule has 0 saturated carbocycles. The second-order valence-electron chi connectivity index (χ2n) is 4.47. The first kappa shape index (κ1) is 18.9. The molecule has 0 radical (unpaired) electrons. The van der Waals surface area contributed by atoms with E-state index in [4.69, 9.17) is 5.26 Å². The van der Waals surface area contributed by atoms with E-state index in [1.54, 1.807) is 6.07 Å². The number of phenols is 1. The molecule has 0 aromatic heterocycles. The number of rotatable bonds is 2. The average Bonchev–Trinajstić information content (AvgIpc) is 2.42. The first-order valence-corrected chi connectivity index (χ1v) is 6.00. The molecule has 0 bridgehead atoms. The summed E-state index contributed by atoms with van der Waals surface area (Å²) in [4.78, 5) is 2.16. The molecule has 0 amide bonds. The number of hydrogen-bond acceptors (Lipinski definition) is 4. The molecule has 1 saturated heterocycles. The van der Waals surface area contributed by atoms with E-state index in [0.717, 1.165) is 32.2 Å². The highest BCUT2D eigenvalue weighted by molar-refractivity contribution is 5.85. The summed E-state index contributed by atoms with van der Waals surface area (Å²) in [5.41, 5.74) is 0.718. The monoisotopic (exact) mass is 321 g/mol. The minimum absolute atomic E-state index is 0. The Morgan fingerprint density at radius 3 is 2.50 bits per heavy atom. The van der Waals surface area contributed by atoms with Crippen LogP contribution in [0, 0.1) is 17.1 Å². The molecule has 112 valence electrons. The van der Waals surface area contributed by atoms with Crippen molar-refractivity contribution in [3.05, 3.63) is 29.1 Å². The van der Waals surface area contributed by atoms with E-state index in [9.17, 15) is 9.50 Å². The van der Waals surface area contributed by atoms with E-state index in [1.807, 2.05) is 13.0 Å². The summed E-state index contributed by atoms with van der Waals surface area (Å²) in [6.45, 7) is 5.37. The molecule has 0 unspecified atom stereocenters. The van der Waals surface area contributed by atoms with E-state index in [2.05, 4.69) is 10.2 Å². The number of piperazine rings is 1. The lowest BCUT2D eigenvalue weighted by Gasteiger charge is -2.33. The minimum atomic E-state index is -0.731. The molecule has 2 N–H and O–H groups in total. The van der Waals surface area contributed by atoms with Gasteiger partial charge in [0, 0.05) is 37.8 Å². The lowest BCUT2D eigenvalue weighted by atomic mass is 10.0. The largest absolute Gasteiger partial charge is 0.505 e. The van der Waals surface area contributed by atoms with Crippen LogP contribution in [0.2, 0.25) is 0 Å². The van der Waals surface area contributed by atoms with E-state index in [0.29, 0.717) is 5.56 Å². The highest BCUT2D eigenvalue weighted by atomic mass is 35.5. The lowest BCUT2D eigenvalue weighted by Crippen LogP contribution is -2.44. The first-order valence-electron chi connectivity index (χ1n) is 6.00. The Morgan fingerprint density at radius 2 is 1.95 bits per heavy atom. The Kier molecular flexibility index (Phi) is 7.84. The van der Waals surface area contributed by atoms with Gasteiger partial charge in [0.25, 0.3) is 0 Å². The fraction of sp³-hybridized carbons (Fsp3) is 0.462. The SMILES string of the molecule is C[C@H](c1cc(C#N)cc(F)c1O)N1CCNCC1.Cl.Cl. The van der Waals surface area contributed by atoms with Gasteiger partial charge in [-0.25, -0.2) is 4.39 Å². The maximum Gasteiger partial charge on any atom is 0.166 e. The minimum Gasteiger partial charge on any atom is -0.505 e. The van der Waals surface area contributed by atoms with Crippen LogP contribution < -0.4 is 5.32 Å². The summed E-state index contributed by atoms with van der Waals surface area (Å²) in [6.07, 6.45) is 0. The topological polar surface area (TPSA) is 59.3 Å². The number of halogens is 3. The van der Waals surface area contributed by atoms with Crippen LogP contribution in [0.25, 0.3) is 0 Å². The van der Waals surface area contributed by atoms with Crippen LogP contribution >= 0.6 is 24.8 Å². The Bertz CT molecular complexity index is 487. The summed E-state index contributed by atoms with van der Waals surface area (Å²) in [5.74, 6) is -1.08. The average molecular weight is 322 g/mol. The van der Waals surface area contributed by atoms with E-state index >= 15 is 0 Å². The Hall–Kier alpha value is -1.06. The van der Waals surface area contributed by atoms with Crippen molar-refractivity contribution in [1.82, 2.24) is 10.2 Å². The molecule has 2 rings (SSSR count). The Morgan fingerprint density at radius 1 is 1.35 bits per heavy atom. The Balaban J connectivity index is 0.00000180. The summed E-state index contributed by atoms with van der Waals surface area (Å²) in [6, 6.07) is 4.43. The first-order chi connectivity index (χ1) is 8.63. The zero-order chi connectivity index (χ0) is 13.1. The third kappa shape index (κ3) is 3.97. The quantitative estimate of drug-likeness (QED) is 0.876. The third-order valence-corrected chi connectivity index (χ3v) is 3.37. The molecule has 1 aliphatic heterocycles. The number of nitrogens with one attached hydrogen (secondary N) is 1. The van der Waals surface area contributed by atoms with Crippen LogP contribution in [-0.2, 0) is 0 Å². The van der Waals surface area contributed by atoms with Gasteiger partial charge in [-0.2, -0.15) is 5.26 Å². The van der Waals surface area contributed by atoms with Crippen LogP contribution in [0.4, 0.5) is 4.39 Å². The second-order valence-corrected chi connectivity index (χ2v) is 4.47. The Labute approximate surface area is 130 Å². The van der Waals surface area contributed by atoms with Crippen molar-refractivity contribution in [2.24, 2.45) is 0 Å². The van der Waals surface area contributed by atoms with Gasteiger partial charge in [0.05, 0.1) is 11.6 Å². The van der Waals surface area contributed by atoms with Gasteiger partial charge >= 0.3 is 0 Å². The van der Waals surface area contributed by atoms with Gasteiger partial charge < -0.3 is 10.4 Å². The molecule has 1 fully saturated rings. The van der Waals surface area contributed by atoms with Crippen molar-refractivity contribution in [2.45, 2.75) is 13.0 Å². The maximum atomic E-state index is 13.5. The molecule has 1 atom stereocenters. The van der Waals surface area contributed by atoms with Crippen LogP contribution in [0.1, 0.15) is 24.1 Å². The second kappa shape index (κ2) is 8.28. The normalized spacial score (nSPS) is 16.4. The molecule has 1 aromatic carbocycles. The highest BCUT2D eigenvalue weighted by Crippen LogP contribution is 2.31. The van der Waals surface area contributed by atoms with Gasteiger partial charge in [0.15, 0.2) is 11.6 Å². The van der Waals surface area contributed by atoms with Gasteiger partial charge in [0.2, 0.25) is 0 Å². The van der Waals surface area contributed by atoms with Crippen LogP contribution in [0.15, 0.2) is 12.1 Å². The smallest absolute Gasteiger partial charge is 0.166 e. The maximum absolute atomic E-state index is 13.5. The molecule has 0 aliphatic carbocycles. The van der Waals surface area contributed by atoms with Crippen LogP contribution in [-0.4, -0.2) is 36.2 Å². The number of phenolic OH excluding ortho intramolecular Hbond substituents is 1. The van der Waals surface area contributed by atoms with E-state index in [1.165, 1.54) is 0 Å². The number of benzene rings is 1. The lowest BCUT2D eigenvalue weighted by molar-refractivity contribution is 0.182. The molecule has 1 heterocycles. The van der Waals surface area contributed by atoms with Crippen molar-refractivity contribution in [3.63, 3.8) is 0 Å². The fourth-order valence-corrected chi connectivity index (χ4v) is 2.27. The van der Waals surface area contributed by atoms with Crippen molar-refractivity contribution in [2.75, 3.05) is 26.2 Å². The van der Waals surface area contributed by atoms with Crippen molar-refractivity contribution < 1.29 is 9.50 Å². The van der Waals surface area contributed by atoms with Gasteiger partial charge in [-0.1, -0.05) is 0 Å². The highest BCUT2D eigenvalue weighted by Gasteiger charge is 2.22. The molecule has 1 aliphatic rings. The van der Waals surface area contributed by atoms with Gasteiger partial charge in [-0.05, 0) is 19.1 Å². The zero-order valence-corrected chi connectivity index (χ0v) is 12.7. The molecule has 1 aromatic rings. The number of nitrogens with zero attached hydrogens (tertiary/aromatic N) is 2. The number of aromatic hydroxyl groups is 1. The molecular weight excluding hydrogens is 304 g/mol. The summed E-state index contributed by atoms with van der Waals surface area (Å²) in [7, 11) is 0. The summed E-state index contributed by atoms with van der Waals surface area (Å²) >= 11 is 0.